The molecule has 0 radical (unpaired) electrons. The molecule has 0 spiro atoms. The highest BCUT2D eigenvalue weighted by Gasteiger charge is 2.07. The molecule has 0 fully saturated rings. The van der Waals surface area contributed by atoms with Gasteiger partial charge in [-0.25, -0.2) is 14.4 Å². The van der Waals surface area contributed by atoms with Crippen LogP contribution in [0.4, 0.5) is 10.2 Å². The Labute approximate surface area is 119 Å². The smallest absolute Gasteiger partial charge is 0.131 e. The number of aryl methyl sites for hydroxylation is 1. The maximum Gasteiger partial charge on any atom is 0.131 e. The Balaban J connectivity index is 2.37. The van der Waals surface area contributed by atoms with Crippen LogP contribution in [0.15, 0.2) is 30.3 Å². The Bertz CT molecular complexity index is 569. The quantitative estimate of drug-likeness (QED) is 0.862. The van der Waals surface area contributed by atoms with Crippen molar-refractivity contribution in [3.05, 3.63) is 42.0 Å². The third-order valence-corrected chi connectivity index (χ3v) is 2.92. The molecule has 1 N–H and O–H groups in total. The lowest BCUT2D eigenvalue weighted by Crippen LogP contribution is -2.06. The third kappa shape index (κ3) is 3.76. The molecule has 2 aromatic rings. The van der Waals surface area contributed by atoms with Crippen molar-refractivity contribution in [1.29, 1.82) is 0 Å². The molecule has 0 atom stereocenters. The number of benzene rings is 1. The van der Waals surface area contributed by atoms with Gasteiger partial charge in [-0.15, -0.1) is 0 Å². The fourth-order valence-electron chi connectivity index (χ4n) is 1.97. The fourth-order valence-corrected chi connectivity index (χ4v) is 1.97. The van der Waals surface area contributed by atoms with Crippen molar-refractivity contribution in [3.8, 4) is 11.3 Å². The summed E-state index contributed by atoms with van der Waals surface area (Å²) in [6, 6.07) is 8.38. The van der Waals surface area contributed by atoms with Crippen LogP contribution in [-0.2, 0) is 6.42 Å². The molecule has 2 rings (SSSR count). The predicted molar refractivity (Wildman–Crippen MR) is 80.2 cm³/mol. The molecule has 0 aliphatic carbocycles. The molecule has 1 heterocycles. The van der Waals surface area contributed by atoms with E-state index in [0.717, 1.165) is 48.7 Å². The van der Waals surface area contributed by atoms with Crippen LogP contribution >= 0.6 is 0 Å². The van der Waals surface area contributed by atoms with Crippen LogP contribution in [0.5, 0.6) is 0 Å². The molecule has 0 amide bonds. The van der Waals surface area contributed by atoms with E-state index in [9.17, 15) is 4.39 Å². The first-order valence-electron chi connectivity index (χ1n) is 7.10. The zero-order chi connectivity index (χ0) is 14.4. The zero-order valence-electron chi connectivity index (χ0n) is 12.0. The van der Waals surface area contributed by atoms with Gasteiger partial charge < -0.3 is 5.32 Å². The predicted octanol–water partition coefficient (Wildman–Crippen LogP) is 4.06. The molecule has 0 saturated heterocycles. The summed E-state index contributed by atoms with van der Waals surface area (Å²) >= 11 is 0. The molecule has 106 valence electrons. The molecular weight excluding hydrogens is 253 g/mol. The molecule has 3 nitrogen and oxygen atoms in total. The lowest BCUT2D eigenvalue weighted by atomic mass is 10.1. The molecule has 0 aliphatic rings. The SMILES string of the molecule is CCCNc1cc(-c2cccc(F)c2)nc(CCC)n1. The maximum absolute atomic E-state index is 13.3. The Morgan fingerprint density at radius 1 is 1.10 bits per heavy atom. The second kappa shape index (κ2) is 6.98. The van der Waals surface area contributed by atoms with Crippen LogP contribution in [0, 0.1) is 5.82 Å². The average molecular weight is 273 g/mol. The molecule has 0 aliphatic heterocycles. The highest BCUT2D eigenvalue weighted by atomic mass is 19.1. The summed E-state index contributed by atoms with van der Waals surface area (Å²) in [5.74, 6) is 1.36. The lowest BCUT2D eigenvalue weighted by molar-refractivity contribution is 0.628. The number of hydrogen-bond acceptors (Lipinski definition) is 3. The van der Waals surface area contributed by atoms with Gasteiger partial charge in [0.05, 0.1) is 5.69 Å². The molecular formula is C16H20FN3. The third-order valence-electron chi connectivity index (χ3n) is 2.92. The Hall–Kier alpha value is -1.97. The summed E-state index contributed by atoms with van der Waals surface area (Å²) in [5, 5.41) is 3.27. The van der Waals surface area contributed by atoms with E-state index >= 15 is 0 Å². The van der Waals surface area contributed by atoms with Gasteiger partial charge >= 0.3 is 0 Å². The minimum absolute atomic E-state index is 0.249. The van der Waals surface area contributed by atoms with Crippen LogP contribution < -0.4 is 5.32 Å². The van der Waals surface area contributed by atoms with Crippen molar-refractivity contribution in [2.24, 2.45) is 0 Å². The molecule has 0 bridgehead atoms. The van der Waals surface area contributed by atoms with Crippen molar-refractivity contribution in [1.82, 2.24) is 9.97 Å². The number of nitrogens with one attached hydrogen (secondary N) is 1. The van der Waals surface area contributed by atoms with Gasteiger partial charge in [0.25, 0.3) is 0 Å². The second-order valence-electron chi connectivity index (χ2n) is 4.74. The van der Waals surface area contributed by atoms with Crippen LogP contribution in [0.25, 0.3) is 11.3 Å². The first kappa shape index (κ1) is 14.4. The second-order valence-corrected chi connectivity index (χ2v) is 4.74. The summed E-state index contributed by atoms with van der Waals surface area (Å²) < 4.78 is 13.3. The molecule has 0 unspecified atom stereocenters. The first-order chi connectivity index (χ1) is 9.72. The minimum atomic E-state index is -0.249. The molecule has 4 heteroatoms. The fraction of sp³-hybridized carbons (Fsp3) is 0.375. The van der Waals surface area contributed by atoms with Crippen molar-refractivity contribution < 1.29 is 4.39 Å². The molecule has 1 aromatic carbocycles. The highest BCUT2D eigenvalue weighted by Crippen LogP contribution is 2.21. The number of anilines is 1. The molecule has 0 saturated carbocycles. The summed E-state index contributed by atoms with van der Waals surface area (Å²) in [4.78, 5) is 9.02. The maximum atomic E-state index is 13.3. The van der Waals surface area contributed by atoms with Crippen LogP contribution in [0.2, 0.25) is 0 Å². The van der Waals surface area contributed by atoms with Gasteiger partial charge in [0.1, 0.15) is 17.5 Å². The minimum Gasteiger partial charge on any atom is -0.370 e. The van der Waals surface area contributed by atoms with Crippen molar-refractivity contribution in [2.45, 2.75) is 33.1 Å². The van der Waals surface area contributed by atoms with E-state index in [4.69, 9.17) is 0 Å². The van der Waals surface area contributed by atoms with Gasteiger partial charge in [0.15, 0.2) is 0 Å². The number of aromatic nitrogens is 2. The number of hydrogen-bond donors (Lipinski definition) is 1. The number of halogens is 1. The van der Waals surface area contributed by atoms with Gasteiger partial charge in [-0.1, -0.05) is 26.0 Å². The normalized spacial score (nSPS) is 10.6. The summed E-state index contributed by atoms with van der Waals surface area (Å²) in [6.45, 7) is 5.07. The number of nitrogens with zero attached hydrogens (tertiary/aromatic N) is 2. The summed E-state index contributed by atoms with van der Waals surface area (Å²) in [5.41, 5.74) is 1.55. The topological polar surface area (TPSA) is 37.8 Å². The van der Waals surface area contributed by atoms with E-state index in [1.54, 1.807) is 6.07 Å². The van der Waals surface area contributed by atoms with Crippen molar-refractivity contribution in [3.63, 3.8) is 0 Å². The summed E-state index contributed by atoms with van der Waals surface area (Å²) in [6.07, 6.45) is 2.84. The van der Waals surface area contributed by atoms with Gasteiger partial charge in [-0.05, 0) is 25.0 Å². The molecule has 20 heavy (non-hydrogen) atoms. The van der Waals surface area contributed by atoms with E-state index in [-0.39, 0.29) is 5.82 Å². The Morgan fingerprint density at radius 2 is 1.95 bits per heavy atom. The van der Waals surface area contributed by atoms with E-state index in [1.165, 1.54) is 12.1 Å². The van der Waals surface area contributed by atoms with E-state index < -0.39 is 0 Å². The standard InChI is InChI=1S/C16H20FN3/c1-3-6-15-19-14(11-16(20-15)18-9-4-2)12-7-5-8-13(17)10-12/h5,7-8,10-11H,3-4,6,9H2,1-2H3,(H,18,19,20). The van der Waals surface area contributed by atoms with Gasteiger partial charge in [0.2, 0.25) is 0 Å². The highest BCUT2D eigenvalue weighted by molar-refractivity contribution is 5.62. The largest absolute Gasteiger partial charge is 0.370 e. The van der Waals surface area contributed by atoms with Crippen molar-refractivity contribution >= 4 is 5.82 Å². The Kier molecular flexibility index (Phi) is 5.04. The van der Waals surface area contributed by atoms with E-state index in [0.29, 0.717) is 0 Å². The van der Waals surface area contributed by atoms with Gasteiger partial charge in [-0.3, -0.25) is 0 Å². The lowest BCUT2D eigenvalue weighted by Gasteiger charge is -2.09. The van der Waals surface area contributed by atoms with Crippen LogP contribution in [0.1, 0.15) is 32.5 Å². The van der Waals surface area contributed by atoms with E-state index in [2.05, 4.69) is 29.1 Å². The number of rotatable bonds is 6. The van der Waals surface area contributed by atoms with Crippen molar-refractivity contribution in [2.75, 3.05) is 11.9 Å². The van der Waals surface area contributed by atoms with Crippen LogP contribution in [0.3, 0.4) is 0 Å². The zero-order valence-corrected chi connectivity index (χ0v) is 12.0. The van der Waals surface area contributed by atoms with Gasteiger partial charge in [-0.2, -0.15) is 0 Å². The average Bonchev–Trinajstić information content (AvgIpc) is 2.45. The Morgan fingerprint density at radius 3 is 2.65 bits per heavy atom. The van der Waals surface area contributed by atoms with Crippen LogP contribution in [-0.4, -0.2) is 16.5 Å². The van der Waals surface area contributed by atoms with Gasteiger partial charge in [0, 0.05) is 24.6 Å². The monoisotopic (exact) mass is 273 g/mol. The van der Waals surface area contributed by atoms with E-state index in [1.807, 2.05) is 12.1 Å². The molecule has 1 aromatic heterocycles. The summed E-state index contributed by atoms with van der Waals surface area (Å²) in [7, 11) is 0. The first-order valence-corrected chi connectivity index (χ1v) is 7.10.